The molecule has 0 heterocycles. The van der Waals surface area contributed by atoms with Gasteiger partial charge in [0.2, 0.25) is 0 Å². The van der Waals surface area contributed by atoms with E-state index in [4.69, 9.17) is 15.3 Å². The summed E-state index contributed by atoms with van der Waals surface area (Å²) in [6.45, 7) is -0.274. The molecule has 1 rings (SSSR count). The molecule has 3 unspecified atom stereocenters. The Hall–Kier alpha value is -0.380. The standard InChI is InChI=1S/C7H12O3/c8-4-7(10)5-2-1-3-6(5)9/h1,3,5-10H,2,4H2. The van der Waals surface area contributed by atoms with Crippen molar-refractivity contribution in [1.82, 2.24) is 0 Å². The lowest BCUT2D eigenvalue weighted by molar-refractivity contribution is 0.00742. The van der Waals surface area contributed by atoms with Crippen LogP contribution in [0.4, 0.5) is 0 Å². The van der Waals surface area contributed by atoms with E-state index in [-0.39, 0.29) is 12.5 Å². The maximum atomic E-state index is 9.13. The fourth-order valence-corrected chi connectivity index (χ4v) is 1.18. The number of hydrogen-bond donors (Lipinski definition) is 3. The van der Waals surface area contributed by atoms with Crippen molar-refractivity contribution in [2.75, 3.05) is 6.61 Å². The van der Waals surface area contributed by atoms with Crippen LogP contribution in [0.2, 0.25) is 0 Å². The Labute approximate surface area is 59.6 Å². The highest BCUT2D eigenvalue weighted by Gasteiger charge is 2.26. The zero-order valence-corrected chi connectivity index (χ0v) is 5.64. The van der Waals surface area contributed by atoms with Gasteiger partial charge in [0, 0.05) is 5.92 Å². The van der Waals surface area contributed by atoms with Crippen LogP contribution in [0.15, 0.2) is 12.2 Å². The van der Waals surface area contributed by atoms with Gasteiger partial charge in [0.05, 0.1) is 18.8 Å². The molecule has 0 bridgehead atoms. The van der Waals surface area contributed by atoms with E-state index in [1.165, 1.54) is 0 Å². The van der Waals surface area contributed by atoms with E-state index < -0.39 is 12.2 Å². The number of hydrogen-bond acceptors (Lipinski definition) is 3. The van der Waals surface area contributed by atoms with Crippen molar-refractivity contribution in [3.05, 3.63) is 12.2 Å². The zero-order valence-electron chi connectivity index (χ0n) is 5.64. The Bertz CT molecular complexity index is 133. The predicted octanol–water partition coefficient (Wildman–Crippen LogP) is -0.723. The first-order valence-electron chi connectivity index (χ1n) is 3.39. The van der Waals surface area contributed by atoms with Crippen molar-refractivity contribution in [1.29, 1.82) is 0 Å². The molecule has 3 heteroatoms. The fourth-order valence-electron chi connectivity index (χ4n) is 1.18. The Balaban J connectivity index is 2.42. The van der Waals surface area contributed by atoms with Gasteiger partial charge in [-0.2, -0.15) is 0 Å². The lowest BCUT2D eigenvalue weighted by atomic mass is 9.98. The van der Waals surface area contributed by atoms with Crippen molar-refractivity contribution in [3.63, 3.8) is 0 Å². The topological polar surface area (TPSA) is 60.7 Å². The monoisotopic (exact) mass is 144 g/mol. The second-order valence-electron chi connectivity index (χ2n) is 2.57. The molecule has 3 nitrogen and oxygen atoms in total. The molecule has 3 atom stereocenters. The molecule has 1 aliphatic carbocycles. The molecule has 1 aliphatic rings. The van der Waals surface area contributed by atoms with Gasteiger partial charge in [-0.05, 0) is 6.42 Å². The third kappa shape index (κ3) is 1.37. The van der Waals surface area contributed by atoms with Crippen LogP contribution in [0.1, 0.15) is 6.42 Å². The van der Waals surface area contributed by atoms with Gasteiger partial charge in [0.1, 0.15) is 0 Å². The van der Waals surface area contributed by atoms with Crippen molar-refractivity contribution < 1.29 is 15.3 Å². The average Bonchev–Trinajstić information content (AvgIpc) is 2.34. The van der Waals surface area contributed by atoms with E-state index in [9.17, 15) is 0 Å². The summed E-state index contributed by atoms with van der Waals surface area (Å²) in [4.78, 5) is 0. The van der Waals surface area contributed by atoms with Crippen molar-refractivity contribution in [3.8, 4) is 0 Å². The second-order valence-corrected chi connectivity index (χ2v) is 2.57. The quantitative estimate of drug-likeness (QED) is 0.448. The van der Waals surface area contributed by atoms with E-state index in [2.05, 4.69) is 0 Å². The average molecular weight is 144 g/mol. The minimum atomic E-state index is -0.787. The summed E-state index contributed by atoms with van der Waals surface area (Å²) in [6.07, 6.45) is 2.74. The molecule has 58 valence electrons. The van der Waals surface area contributed by atoms with Gasteiger partial charge in [0.15, 0.2) is 0 Å². The molecule has 0 saturated carbocycles. The minimum absolute atomic E-state index is 0.204. The van der Waals surface area contributed by atoms with Gasteiger partial charge in [-0.15, -0.1) is 0 Å². The van der Waals surface area contributed by atoms with Crippen molar-refractivity contribution in [2.24, 2.45) is 5.92 Å². The Kier molecular flexibility index (Phi) is 2.43. The summed E-state index contributed by atoms with van der Waals surface area (Å²) in [5.74, 6) is -0.204. The van der Waals surface area contributed by atoms with Gasteiger partial charge in [0.25, 0.3) is 0 Å². The molecule has 0 aromatic heterocycles. The Morgan fingerprint density at radius 1 is 1.60 bits per heavy atom. The fraction of sp³-hybridized carbons (Fsp3) is 0.714. The Morgan fingerprint density at radius 3 is 2.70 bits per heavy atom. The minimum Gasteiger partial charge on any atom is -0.394 e. The van der Waals surface area contributed by atoms with Crippen LogP contribution < -0.4 is 0 Å². The Morgan fingerprint density at radius 2 is 2.30 bits per heavy atom. The van der Waals surface area contributed by atoms with E-state index in [0.717, 1.165) is 0 Å². The number of aliphatic hydroxyl groups is 3. The molecule has 3 N–H and O–H groups in total. The maximum absolute atomic E-state index is 9.13. The molecular formula is C7H12O3. The summed E-state index contributed by atoms with van der Waals surface area (Å²) in [5, 5.41) is 26.7. The molecule has 0 aliphatic heterocycles. The van der Waals surface area contributed by atoms with Gasteiger partial charge in [-0.3, -0.25) is 0 Å². The SMILES string of the molecule is OCC(O)C1CC=CC1O. The van der Waals surface area contributed by atoms with E-state index in [1.807, 2.05) is 6.08 Å². The van der Waals surface area contributed by atoms with Gasteiger partial charge >= 0.3 is 0 Å². The van der Waals surface area contributed by atoms with Crippen LogP contribution >= 0.6 is 0 Å². The lowest BCUT2D eigenvalue weighted by Crippen LogP contribution is -2.30. The summed E-state index contributed by atoms with van der Waals surface area (Å²) in [6, 6.07) is 0. The molecule has 0 radical (unpaired) electrons. The molecule has 0 aromatic rings. The highest BCUT2D eigenvalue weighted by atomic mass is 16.3. The summed E-state index contributed by atoms with van der Waals surface area (Å²) >= 11 is 0. The third-order valence-corrected chi connectivity index (χ3v) is 1.86. The largest absolute Gasteiger partial charge is 0.394 e. The first kappa shape index (κ1) is 7.72. The molecule has 0 fully saturated rings. The van der Waals surface area contributed by atoms with Gasteiger partial charge in [-0.1, -0.05) is 12.2 Å². The summed E-state index contributed by atoms with van der Waals surface area (Å²) < 4.78 is 0. The highest BCUT2D eigenvalue weighted by molar-refractivity contribution is 5.03. The van der Waals surface area contributed by atoms with Gasteiger partial charge in [-0.25, -0.2) is 0 Å². The van der Waals surface area contributed by atoms with Crippen LogP contribution in [0.25, 0.3) is 0 Å². The smallest absolute Gasteiger partial charge is 0.0829 e. The molecule has 0 spiro atoms. The molecular weight excluding hydrogens is 132 g/mol. The third-order valence-electron chi connectivity index (χ3n) is 1.86. The molecule has 10 heavy (non-hydrogen) atoms. The van der Waals surface area contributed by atoms with E-state index >= 15 is 0 Å². The number of rotatable bonds is 2. The van der Waals surface area contributed by atoms with E-state index in [1.54, 1.807) is 6.08 Å². The van der Waals surface area contributed by atoms with Crippen LogP contribution in [0.5, 0.6) is 0 Å². The highest BCUT2D eigenvalue weighted by Crippen LogP contribution is 2.21. The number of aliphatic hydroxyl groups excluding tert-OH is 3. The molecule has 0 saturated heterocycles. The molecule has 0 amide bonds. The molecule has 0 aromatic carbocycles. The summed E-state index contributed by atoms with van der Waals surface area (Å²) in [5.41, 5.74) is 0. The summed E-state index contributed by atoms with van der Waals surface area (Å²) in [7, 11) is 0. The number of allylic oxidation sites excluding steroid dienone is 1. The lowest BCUT2D eigenvalue weighted by Gasteiger charge is -2.18. The maximum Gasteiger partial charge on any atom is 0.0829 e. The van der Waals surface area contributed by atoms with Gasteiger partial charge < -0.3 is 15.3 Å². The van der Waals surface area contributed by atoms with Crippen LogP contribution in [-0.2, 0) is 0 Å². The van der Waals surface area contributed by atoms with Crippen molar-refractivity contribution >= 4 is 0 Å². The predicted molar refractivity (Wildman–Crippen MR) is 36.3 cm³/mol. The van der Waals surface area contributed by atoms with E-state index in [0.29, 0.717) is 6.42 Å². The normalized spacial score (nSPS) is 34.7. The van der Waals surface area contributed by atoms with Crippen LogP contribution in [0.3, 0.4) is 0 Å². The zero-order chi connectivity index (χ0) is 7.56. The first-order chi connectivity index (χ1) is 4.75. The van der Waals surface area contributed by atoms with Crippen LogP contribution in [0, 0.1) is 5.92 Å². The first-order valence-corrected chi connectivity index (χ1v) is 3.39. The van der Waals surface area contributed by atoms with Crippen LogP contribution in [-0.4, -0.2) is 34.1 Å². The van der Waals surface area contributed by atoms with Crippen molar-refractivity contribution in [2.45, 2.75) is 18.6 Å². The second kappa shape index (κ2) is 3.14.